The summed E-state index contributed by atoms with van der Waals surface area (Å²) in [6.07, 6.45) is 5.73. The summed E-state index contributed by atoms with van der Waals surface area (Å²) in [5.41, 5.74) is 0.926. The smallest absolute Gasteiger partial charge is 0.181 e. The molecule has 2 bridgehead atoms. The van der Waals surface area contributed by atoms with Crippen molar-refractivity contribution in [3.8, 4) is 0 Å². The molecule has 5 atom stereocenters. The van der Waals surface area contributed by atoms with Crippen LogP contribution in [0.3, 0.4) is 0 Å². The number of nitrogens with zero attached hydrogens (tertiary/aromatic N) is 3. The summed E-state index contributed by atoms with van der Waals surface area (Å²) in [5, 5.41) is 14.1. The minimum Gasteiger partial charge on any atom is -0.389 e. The van der Waals surface area contributed by atoms with Crippen LogP contribution in [0.4, 0.5) is 0 Å². The third-order valence-electron chi connectivity index (χ3n) is 4.25. The van der Waals surface area contributed by atoms with Gasteiger partial charge in [-0.3, -0.25) is 4.98 Å². The molecule has 4 heterocycles. The molecule has 2 aliphatic heterocycles. The van der Waals surface area contributed by atoms with Crippen LogP contribution in [0.15, 0.2) is 43.1 Å². The Kier molecular flexibility index (Phi) is 3.63. The highest BCUT2D eigenvalue weighted by Gasteiger charge is 2.50. The number of pyridine rings is 1. The minimum absolute atomic E-state index is 0.150. The number of ether oxygens (including phenoxy) is 2. The molecule has 0 radical (unpaired) electrons. The van der Waals surface area contributed by atoms with Crippen LogP contribution < -0.4 is 5.32 Å². The van der Waals surface area contributed by atoms with E-state index in [1.807, 2.05) is 29.0 Å². The molecule has 7 heteroatoms. The number of hydrogen-bond acceptors (Lipinski definition) is 6. The van der Waals surface area contributed by atoms with Gasteiger partial charge >= 0.3 is 0 Å². The van der Waals surface area contributed by atoms with Crippen molar-refractivity contribution in [3.63, 3.8) is 0 Å². The molecule has 2 saturated heterocycles. The van der Waals surface area contributed by atoms with Crippen LogP contribution in [0.25, 0.3) is 0 Å². The van der Waals surface area contributed by atoms with Crippen molar-refractivity contribution in [2.24, 2.45) is 0 Å². The van der Waals surface area contributed by atoms with Gasteiger partial charge < -0.3 is 24.5 Å². The first kappa shape index (κ1) is 13.8. The molecule has 0 aliphatic carbocycles. The third kappa shape index (κ3) is 2.42. The van der Waals surface area contributed by atoms with Crippen molar-refractivity contribution >= 4 is 0 Å². The van der Waals surface area contributed by atoms with Gasteiger partial charge in [0, 0.05) is 25.1 Å². The second-order valence-corrected chi connectivity index (χ2v) is 5.60. The van der Waals surface area contributed by atoms with Gasteiger partial charge in [0.25, 0.3) is 0 Å². The number of nitrogens with one attached hydrogen (secondary N) is 1. The van der Waals surface area contributed by atoms with E-state index < -0.39 is 12.4 Å². The Hall–Kier alpha value is -1.80. The number of aromatic nitrogens is 3. The first-order valence-corrected chi connectivity index (χ1v) is 7.39. The Bertz CT molecular complexity index is 607. The predicted octanol–water partition coefficient (Wildman–Crippen LogP) is 0.0936. The maximum atomic E-state index is 10.8. The van der Waals surface area contributed by atoms with Gasteiger partial charge in [-0.1, -0.05) is 6.07 Å². The number of fused-ring (bicyclic) bond motifs is 2. The van der Waals surface area contributed by atoms with Crippen molar-refractivity contribution < 1.29 is 14.6 Å². The average molecular weight is 302 g/mol. The van der Waals surface area contributed by atoms with Crippen molar-refractivity contribution in [1.82, 2.24) is 19.9 Å². The Labute approximate surface area is 127 Å². The molecular weight excluding hydrogens is 284 g/mol. The van der Waals surface area contributed by atoms with E-state index in [2.05, 4.69) is 15.3 Å². The van der Waals surface area contributed by atoms with E-state index in [-0.39, 0.29) is 18.2 Å². The van der Waals surface area contributed by atoms with Crippen LogP contribution in [0, 0.1) is 0 Å². The van der Waals surface area contributed by atoms with Crippen LogP contribution >= 0.6 is 0 Å². The average Bonchev–Trinajstić information content (AvgIpc) is 3.20. The lowest BCUT2D eigenvalue weighted by atomic mass is 9.96. The number of aliphatic hydroxyl groups excluding tert-OH is 1. The largest absolute Gasteiger partial charge is 0.389 e. The van der Waals surface area contributed by atoms with E-state index >= 15 is 0 Å². The molecule has 2 fully saturated rings. The van der Waals surface area contributed by atoms with Gasteiger partial charge in [-0.05, 0) is 12.1 Å². The molecule has 2 N–H and O–H groups in total. The molecule has 2 aliphatic rings. The quantitative estimate of drug-likeness (QED) is 0.833. The highest BCUT2D eigenvalue weighted by Crippen LogP contribution is 2.35. The summed E-state index contributed by atoms with van der Waals surface area (Å²) in [5.74, 6) is 0. The number of imidazole rings is 1. The minimum atomic E-state index is -0.621. The van der Waals surface area contributed by atoms with Crippen molar-refractivity contribution in [2.45, 2.75) is 37.1 Å². The molecule has 7 nitrogen and oxygen atoms in total. The zero-order valence-electron chi connectivity index (χ0n) is 11.9. The Morgan fingerprint density at radius 3 is 3.09 bits per heavy atom. The Morgan fingerprint density at radius 1 is 1.36 bits per heavy atom. The molecule has 116 valence electrons. The first-order chi connectivity index (χ1) is 10.8. The fourth-order valence-electron chi connectivity index (χ4n) is 3.14. The van der Waals surface area contributed by atoms with E-state index in [0.29, 0.717) is 13.2 Å². The van der Waals surface area contributed by atoms with Gasteiger partial charge in [0.15, 0.2) is 6.29 Å². The zero-order valence-corrected chi connectivity index (χ0v) is 11.9. The SMILES string of the molecule is O[C@H]1[C@H](NCc2ccccn2)[C@H]2CO[C@H](O2)[C@@H]1n1ccnc1. The fourth-order valence-corrected chi connectivity index (χ4v) is 3.14. The molecule has 0 spiro atoms. The lowest BCUT2D eigenvalue weighted by Gasteiger charge is -2.39. The zero-order chi connectivity index (χ0) is 14.9. The van der Waals surface area contributed by atoms with Crippen molar-refractivity contribution in [3.05, 3.63) is 48.8 Å². The summed E-state index contributed by atoms with van der Waals surface area (Å²) < 4.78 is 13.4. The van der Waals surface area contributed by atoms with Crippen LogP contribution in [0.2, 0.25) is 0 Å². The predicted molar refractivity (Wildman–Crippen MR) is 76.7 cm³/mol. The summed E-state index contributed by atoms with van der Waals surface area (Å²) in [4.78, 5) is 8.33. The Balaban J connectivity index is 1.51. The second-order valence-electron chi connectivity index (χ2n) is 5.60. The monoisotopic (exact) mass is 302 g/mol. The van der Waals surface area contributed by atoms with E-state index in [1.54, 1.807) is 18.7 Å². The van der Waals surface area contributed by atoms with Crippen LogP contribution in [0.1, 0.15) is 11.7 Å². The summed E-state index contributed by atoms with van der Waals surface area (Å²) in [6, 6.07) is 5.26. The summed E-state index contributed by atoms with van der Waals surface area (Å²) in [6.45, 7) is 1.05. The second kappa shape index (κ2) is 5.77. The normalized spacial score (nSPS) is 34.0. The summed E-state index contributed by atoms with van der Waals surface area (Å²) >= 11 is 0. The van der Waals surface area contributed by atoms with E-state index in [4.69, 9.17) is 9.47 Å². The maximum Gasteiger partial charge on any atom is 0.181 e. The summed E-state index contributed by atoms with van der Waals surface area (Å²) in [7, 11) is 0. The van der Waals surface area contributed by atoms with E-state index in [0.717, 1.165) is 5.69 Å². The van der Waals surface area contributed by atoms with Crippen LogP contribution in [0.5, 0.6) is 0 Å². The molecule has 0 saturated carbocycles. The molecule has 0 unspecified atom stereocenters. The first-order valence-electron chi connectivity index (χ1n) is 7.39. The number of aliphatic hydroxyl groups is 1. The van der Waals surface area contributed by atoms with Gasteiger partial charge in [-0.2, -0.15) is 0 Å². The lowest BCUT2D eigenvalue weighted by molar-refractivity contribution is -0.165. The Morgan fingerprint density at radius 2 is 2.32 bits per heavy atom. The lowest BCUT2D eigenvalue weighted by Crippen LogP contribution is -2.57. The molecule has 0 aromatic carbocycles. The van der Waals surface area contributed by atoms with Crippen molar-refractivity contribution in [2.75, 3.05) is 6.61 Å². The highest BCUT2D eigenvalue weighted by molar-refractivity contribution is 5.06. The number of hydrogen-bond donors (Lipinski definition) is 2. The van der Waals surface area contributed by atoms with E-state index in [9.17, 15) is 5.11 Å². The van der Waals surface area contributed by atoms with Crippen LogP contribution in [-0.4, -0.2) is 50.8 Å². The molecule has 2 aromatic heterocycles. The molecule has 0 amide bonds. The molecular formula is C15H18N4O3. The van der Waals surface area contributed by atoms with Gasteiger partial charge in [0.1, 0.15) is 12.1 Å². The number of rotatable bonds is 4. The fraction of sp³-hybridized carbons (Fsp3) is 0.467. The van der Waals surface area contributed by atoms with Crippen LogP contribution in [-0.2, 0) is 16.0 Å². The molecule has 2 aromatic rings. The van der Waals surface area contributed by atoms with Gasteiger partial charge in [-0.25, -0.2) is 4.98 Å². The highest BCUT2D eigenvalue weighted by atomic mass is 16.7. The van der Waals surface area contributed by atoms with Crippen molar-refractivity contribution in [1.29, 1.82) is 0 Å². The van der Waals surface area contributed by atoms with Gasteiger partial charge in [0.05, 0.1) is 30.8 Å². The van der Waals surface area contributed by atoms with E-state index in [1.165, 1.54) is 0 Å². The topological polar surface area (TPSA) is 81.4 Å². The van der Waals surface area contributed by atoms with Gasteiger partial charge in [-0.15, -0.1) is 0 Å². The maximum absolute atomic E-state index is 10.8. The molecule has 4 rings (SSSR count). The molecule has 22 heavy (non-hydrogen) atoms. The standard InChI is InChI=1S/C15H18N4O3/c20-14-12(18-7-10-3-1-2-4-17-10)11-8-21-15(22-11)13(14)19-6-5-16-9-19/h1-6,9,11-15,18,20H,7-8H2/t11-,12-,13-,14+,15-/m1/s1. The third-order valence-corrected chi connectivity index (χ3v) is 4.25. The van der Waals surface area contributed by atoms with Gasteiger partial charge in [0.2, 0.25) is 0 Å².